The summed E-state index contributed by atoms with van der Waals surface area (Å²) in [4.78, 5) is 15.0. The molecule has 1 fully saturated rings. The molecule has 2 aromatic carbocycles. The second-order valence-corrected chi connectivity index (χ2v) is 10.0. The summed E-state index contributed by atoms with van der Waals surface area (Å²) >= 11 is 0. The number of hydrogen-bond acceptors (Lipinski definition) is 6. The van der Waals surface area contributed by atoms with Gasteiger partial charge in [-0.3, -0.25) is 4.79 Å². The van der Waals surface area contributed by atoms with Crippen LogP contribution < -0.4 is 5.32 Å². The maximum atomic E-state index is 13.1. The maximum Gasteiger partial charge on any atom is 0.258 e. The first-order valence-electron chi connectivity index (χ1n) is 11.0. The Morgan fingerprint density at radius 2 is 1.76 bits per heavy atom. The Morgan fingerprint density at radius 1 is 1.03 bits per heavy atom. The zero-order valence-corrected chi connectivity index (χ0v) is 19.3. The molecular formula is C25H25N3O5S. The van der Waals surface area contributed by atoms with Crippen molar-refractivity contribution in [1.82, 2.24) is 9.21 Å². The lowest BCUT2D eigenvalue weighted by Gasteiger charge is -2.36. The van der Waals surface area contributed by atoms with E-state index in [1.54, 1.807) is 41.3 Å². The molecule has 1 saturated heterocycles. The van der Waals surface area contributed by atoms with Crippen molar-refractivity contribution >= 4 is 21.6 Å². The molecule has 1 N–H and O–H groups in total. The van der Waals surface area contributed by atoms with Gasteiger partial charge in [0.15, 0.2) is 6.17 Å². The molecule has 9 heteroatoms. The summed E-state index contributed by atoms with van der Waals surface area (Å²) in [6.45, 7) is 5.63. The van der Waals surface area contributed by atoms with Crippen molar-refractivity contribution < 1.29 is 22.4 Å². The topological polar surface area (TPSA) is 92.1 Å². The van der Waals surface area contributed by atoms with Crippen molar-refractivity contribution in [2.45, 2.75) is 11.1 Å². The van der Waals surface area contributed by atoms with E-state index in [1.807, 2.05) is 30.3 Å². The first kappa shape index (κ1) is 22.4. The molecule has 2 aliphatic rings. The molecule has 0 bridgehead atoms. The van der Waals surface area contributed by atoms with Crippen LogP contribution in [0.4, 0.5) is 5.69 Å². The van der Waals surface area contributed by atoms with Gasteiger partial charge in [0.1, 0.15) is 11.5 Å². The lowest BCUT2D eigenvalue weighted by atomic mass is 10.1. The van der Waals surface area contributed by atoms with Crippen LogP contribution in [0.25, 0.3) is 11.3 Å². The summed E-state index contributed by atoms with van der Waals surface area (Å²) in [5.74, 6) is 1.05. The van der Waals surface area contributed by atoms with E-state index < -0.39 is 16.2 Å². The number of carbonyl (C=O) groups is 1. The number of ether oxygens (including phenoxy) is 1. The molecule has 176 valence electrons. The number of sulfonamides is 1. The molecule has 2 aliphatic heterocycles. The lowest BCUT2D eigenvalue weighted by molar-refractivity contribution is 0.0689. The van der Waals surface area contributed by atoms with Crippen molar-refractivity contribution in [1.29, 1.82) is 0 Å². The first-order valence-corrected chi connectivity index (χ1v) is 12.5. The van der Waals surface area contributed by atoms with E-state index in [-0.39, 0.29) is 10.8 Å². The van der Waals surface area contributed by atoms with Crippen LogP contribution in [-0.2, 0) is 14.8 Å². The summed E-state index contributed by atoms with van der Waals surface area (Å²) in [6.07, 6.45) is 1.19. The minimum absolute atomic E-state index is 0.102. The number of nitrogens with zero attached hydrogens (tertiary/aromatic N) is 2. The monoisotopic (exact) mass is 479 g/mol. The number of nitrogens with one attached hydrogen (secondary N) is 1. The summed E-state index contributed by atoms with van der Waals surface area (Å²) in [7, 11) is -3.56. The zero-order valence-electron chi connectivity index (χ0n) is 18.5. The average molecular weight is 480 g/mol. The number of carbonyl (C=O) groups excluding carboxylic acids is 1. The van der Waals surface area contributed by atoms with E-state index in [0.29, 0.717) is 49.9 Å². The third-order valence-corrected chi connectivity index (χ3v) is 7.90. The normalized spacial score (nSPS) is 18.9. The van der Waals surface area contributed by atoms with Gasteiger partial charge in [0.05, 0.1) is 23.7 Å². The second-order valence-electron chi connectivity index (χ2n) is 8.08. The number of furan rings is 1. The largest absolute Gasteiger partial charge is 0.457 e. The quantitative estimate of drug-likeness (QED) is 0.542. The Morgan fingerprint density at radius 3 is 2.50 bits per heavy atom. The van der Waals surface area contributed by atoms with Crippen molar-refractivity contribution in [3.63, 3.8) is 0 Å². The highest BCUT2D eigenvalue weighted by Gasteiger charge is 2.34. The van der Waals surface area contributed by atoms with E-state index in [4.69, 9.17) is 9.15 Å². The number of morpholine rings is 1. The van der Waals surface area contributed by atoms with Gasteiger partial charge in [0.25, 0.3) is 5.91 Å². The Kier molecular flexibility index (Phi) is 5.99. The van der Waals surface area contributed by atoms with Crippen LogP contribution in [0.15, 0.2) is 82.6 Å². The predicted octanol–water partition coefficient (Wildman–Crippen LogP) is 3.72. The Hall–Kier alpha value is -3.40. The number of para-hydroxylation sites is 1. The molecule has 3 aromatic rings. The number of benzene rings is 2. The van der Waals surface area contributed by atoms with Gasteiger partial charge in [-0.15, -0.1) is 6.58 Å². The molecule has 1 amide bonds. The van der Waals surface area contributed by atoms with Crippen LogP contribution in [-0.4, -0.2) is 56.4 Å². The molecule has 0 radical (unpaired) electrons. The van der Waals surface area contributed by atoms with Crippen molar-refractivity contribution in [3.05, 3.63) is 84.6 Å². The number of amides is 1. The highest BCUT2D eigenvalue weighted by atomic mass is 32.2. The van der Waals surface area contributed by atoms with Gasteiger partial charge in [0.2, 0.25) is 10.0 Å². The maximum absolute atomic E-state index is 13.1. The van der Waals surface area contributed by atoms with Gasteiger partial charge < -0.3 is 19.4 Å². The minimum Gasteiger partial charge on any atom is -0.457 e. The Labute approximate surface area is 198 Å². The summed E-state index contributed by atoms with van der Waals surface area (Å²) in [5.41, 5.74) is 2.09. The van der Waals surface area contributed by atoms with Crippen LogP contribution in [0, 0.1) is 0 Å². The second kappa shape index (κ2) is 9.09. The van der Waals surface area contributed by atoms with Crippen molar-refractivity contribution in [3.8, 4) is 11.3 Å². The van der Waals surface area contributed by atoms with Crippen LogP contribution >= 0.6 is 0 Å². The van der Waals surface area contributed by atoms with Gasteiger partial charge in [0, 0.05) is 30.9 Å². The van der Waals surface area contributed by atoms with E-state index in [9.17, 15) is 13.2 Å². The van der Waals surface area contributed by atoms with E-state index in [0.717, 1.165) is 11.3 Å². The van der Waals surface area contributed by atoms with Crippen LogP contribution in [0.3, 0.4) is 0 Å². The summed E-state index contributed by atoms with van der Waals surface area (Å²) in [5, 5.41) is 3.38. The third kappa shape index (κ3) is 4.02. The number of fused-ring (bicyclic) bond motifs is 1. The summed E-state index contributed by atoms with van der Waals surface area (Å²) in [6, 6.07) is 17.6. The highest BCUT2D eigenvalue weighted by Crippen LogP contribution is 2.35. The zero-order chi connectivity index (χ0) is 23.7. The molecule has 0 spiro atoms. The fourth-order valence-electron chi connectivity index (χ4n) is 4.23. The van der Waals surface area contributed by atoms with Crippen LogP contribution in [0.1, 0.15) is 22.3 Å². The fourth-order valence-corrected chi connectivity index (χ4v) is 5.63. The first-order chi connectivity index (χ1) is 16.5. The highest BCUT2D eigenvalue weighted by molar-refractivity contribution is 7.89. The Balaban J connectivity index is 1.40. The van der Waals surface area contributed by atoms with Gasteiger partial charge in [-0.2, -0.15) is 4.31 Å². The van der Waals surface area contributed by atoms with Crippen molar-refractivity contribution in [2.24, 2.45) is 0 Å². The van der Waals surface area contributed by atoms with E-state index in [1.165, 1.54) is 4.31 Å². The Bertz CT molecular complexity index is 1310. The third-order valence-electron chi connectivity index (χ3n) is 5.99. The predicted molar refractivity (Wildman–Crippen MR) is 128 cm³/mol. The smallest absolute Gasteiger partial charge is 0.258 e. The van der Waals surface area contributed by atoms with E-state index >= 15 is 0 Å². The van der Waals surface area contributed by atoms with Crippen molar-refractivity contribution in [2.75, 3.05) is 38.2 Å². The molecular weight excluding hydrogens is 454 g/mol. The van der Waals surface area contributed by atoms with E-state index in [2.05, 4.69) is 11.9 Å². The molecule has 1 unspecified atom stereocenters. The molecule has 8 nitrogen and oxygen atoms in total. The number of hydrogen-bond donors (Lipinski definition) is 1. The number of rotatable bonds is 6. The van der Waals surface area contributed by atoms with Gasteiger partial charge >= 0.3 is 0 Å². The molecule has 34 heavy (non-hydrogen) atoms. The SMILES string of the molecule is C=CCN1C(=O)c2ccccc2NC1c1ccc(-c2ccc(S(=O)(=O)N3CCOCC3)cc2)o1. The standard InChI is InChI=1S/C25H25N3O5S/c1-2-13-28-24(26-21-6-4-3-5-20(21)25(28)29)23-12-11-22(33-23)18-7-9-19(10-8-18)34(30,31)27-14-16-32-17-15-27/h2-12,24,26H,1,13-17H2. The van der Waals surface area contributed by atoms with Gasteiger partial charge in [-0.05, 0) is 48.5 Å². The van der Waals surface area contributed by atoms with Gasteiger partial charge in [-0.25, -0.2) is 8.42 Å². The molecule has 0 saturated carbocycles. The summed E-state index contributed by atoms with van der Waals surface area (Å²) < 4.78 is 38.6. The molecule has 0 aliphatic carbocycles. The molecule has 5 rings (SSSR count). The fraction of sp³-hybridized carbons (Fsp3) is 0.240. The minimum atomic E-state index is -3.56. The average Bonchev–Trinajstić information content (AvgIpc) is 3.36. The van der Waals surface area contributed by atoms with Crippen LogP contribution in [0.2, 0.25) is 0 Å². The number of anilines is 1. The van der Waals surface area contributed by atoms with Crippen LogP contribution in [0.5, 0.6) is 0 Å². The molecule has 3 heterocycles. The lowest BCUT2D eigenvalue weighted by Crippen LogP contribution is -2.42. The van der Waals surface area contributed by atoms with Gasteiger partial charge in [-0.1, -0.05) is 18.2 Å². The molecule has 1 aromatic heterocycles. The molecule has 1 atom stereocenters.